The van der Waals surface area contributed by atoms with E-state index in [0.717, 1.165) is 52.2 Å². The van der Waals surface area contributed by atoms with E-state index < -0.39 is 38.8 Å². The van der Waals surface area contributed by atoms with E-state index in [-0.39, 0.29) is 5.04 Å². The Morgan fingerprint density at radius 1 is 0.586 bits per heavy atom. The maximum absolute atomic E-state index is 7.35. The third-order valence-corrected chi connectivity index (χ3v) is 16.3. The van der Waals surface area contributed by atoms with Gasteiger partial charge in [0.2, 0.25) is 0 Å². The Morgan fingerprint density at radius 2 is 1.14 bits per heavy atom. The largest absolute Gasteiger partial charge is 0.486 e. The average Bonchev–Trinajstić information content (AvgIpc) is 3.24. The summed E-state index contributed by atoms with van der Waals surface area (Å²) in [5.41, 5.74) is 7.96. The molecule has 2 aliphatic heterocycles. The number of aryl methyl sites for hydroxylation is 1. The summed E-state index contributed by atoms with van der Waals surface area (Å²) in [5.74, 6) is 1.59. The van der Waals surface area contributed by atoms with Crippen molar-refractivity contribution in [2.45, 2.75) is 109 Å². The Kier molecular flexibility index (Phi) is 13.9. The molecule has 2 aliphatic rings. The van der Waals surface area contributed by atoms with Gasteiger partial charge in [-0.2, -0.15) is 0 Å². The molecule has 8 heteroatoms. The Labute approximate surface area is 346 Å². The number of fused-ring (bicyclic) bond motifs is 1. The van der Waals surface area contributed by atoms with Gasteiger partial charge in [0.05, 0.1) is 26.4 Å². The molecule has 1 fully saturated rings. The van der Waals surface area contributed by atoms with Crippen LogP contribution in [0.15, 0.2) is 127 Å². The van der Waals surface area contributed by atoms with E-state index in [4.69, 9.17) is 32.8 Å². The van der Waals surface area contributed by atoms with Gasteiger partial charge in [-0.3, -0.25) is 0 Å². The maximum Gasteiger partial charge on any atom is 0.192 e. The first-order valence-electron chi connectivity index (χ1n) is 20.8. The molecular formula is C50H60O7Si. The van der Waals surface area contributed by atoms with Crippen LogP contribution >= 0.6 is 0 Å². The van der Waals surface area contributed by atoms with Gasteiger partial charge in [0.15, 0.2) is 19.8 Å². The Balaban J connectivity index is 1.29. The molecule has 7 rings (SSSR count). The molecule has 5 atom stereocenters. The van der Waals surface area contributed by atoms with E-state index in [2.05, 4.69) is 108 Å². The molecule has 7 nitrogen and oxygen atoms in total. The summed E-state index contributed by atoms with van der Waals surface area (Å²) in [5, 5.41) is 0.0186. The van der Waals surface area contributed by atoms with Crippen molar-refractivity contribution in [2.24, 2.45) is 0 Å². The van der Waals surface area contributed by atoms with Crippen molar-refractivity contribution in [3.63, 3.8) is 0 Å². The van der Waals surface area contributed by atoms with Crippen LogP contribution in [0.1, 0.15) is 72.7 Å². The predicted octanol–water partition coefficient (Wildman–Crippen LogP) is 10.8. The van der Waals surface area contributed by atoms with E-state index in [9.17, 15) is 0 Å². The van der Waals surface area contributed by atoms with Crippen LogP contribution < -0.4 is 9.47 Å². The van der Waals surface area contributed by atoms with Gasteiger partial charge in [-0.15, -0.1) is 0 Å². The van der Waals surface area contributed by atoms with Gasteiger partial charge in [-0.05, 0) is 82.1 Å². The summed E-state index contributed by atoms with van der Waals surface area (Å²) in [6.45, 7) is 16.3. The molecule has 0 aliphatic carbocycles. The van der Waals surface area contributed by atoms with Crippen LogP contribution in [0, 0.1) is 0 Å². The topological polar surface area (TPSA) is 64.6 Å². The molecule has 0 spiro atoms. The van der Waals surface area contributed by atoms with E-state index in [1.165, 1.54) is 11.1 Å². The first-order chi connectivity index (χ1) is 28.1. The number of benzene rings is 5. The zero-order chi connectivity index (χ0) is 40.5. The highest BCUT2D eigenvalue weighted by Gasteiger charge is 2.50. The molecular weight excluding hydrogens is 741 g/mol. The first kappa shape index (κ1) is 41.9. The average molecular weight is 801 g/mol. The Morgan fingerprint density at radius 3 is 1.71 bits per heavy atom. The molecule has 0 bridgehead atoms. The lowest BCUT2D eigenvalue weighted by molar-refractivity contribution is -0.271. The summed E-state index contributed by atoms with van der Waals surface area (Å²) in [4.78, 5) is 0. The number of hydrogen-bond donors (Lipinski definition) is 0. The lowest BCUT2D eigenvalue weighted by atomic mass is 9.87. The molecule has 0 aromatic heterocycles. The zero-order valence-corrected chi connectivity index (χ0v) is 36.0. The molecule has 0 amide bonds. The van der Waals surface area contributed by atoms with Crippen molar-refractivity contribution in [1.82, 2.24) is 0 Å². The van der Waals surface area contributed by atoms with Crippen molar-refractivity contribution in [2.75, 3.05) is 19.8 Å². The van der Waals surface area contributed by atoms with Crippen molar-refractivity contribution < 1.29 is 32.8 Å². The number of rotatable bonds is 16. The third-order valence-electron chi connectivity index (χ3n) is 11.8. The van der Waals surface area contributed by atoms with Crippen molar-refractivity contribution in [3.8, 4) is 11.5 Å². The SMILES string of the molecule is CCc1ccc(C2O[C@H](CO[Si](C)(C)C(C)(C)C)[C@@H](OCc3ccccc3)[C@H](OCc3ccccc3)[C@H]2OCc2ccccc2)cc1Cc1ccc2c(c1)OCCO2. The Hall–Kier alpha value is -4.28. The van der Waals surface area contributed by atoms with E-state index in [0.29, 0.717) is 39.6 Å². The molecule has 0 saturated carbocycles. The third kappa shape index (κ3) is 10.5. The molecule has 5 aromatic rings. The molecule has 2 heterocycles. The second kappa shape index (κ2) is 19.2. The molecule has 0 N–H and O–H groups in total. The standard InChI is InChI=1S/C50H60O7Si/c1-7-40-24-25-41(31-42(40)29-39-23-26-43-44(30-39)52-28-27-51-43)46-48(54-33-37-19-13-9-14-20-37)49(55-34-38-21-15-10-16-22-38)47(53-32-36-17-11-8-12-18-36)45(57-46)35-56-58(5,6)50(2,3)4/h8-26,30-31,45-49H,7,27-29,32-35H2,1-6H3/t45-,46?,47-,48+,49+/m1/s1. The van der Waals surface area contributed by atoms with Crippen LogP contribution in [-0.2, 0) is 56.0 Å². The van der Waals surface area contributed by atoms with Crippen molar-refractivity contribution in [1.29, 1.82) is 0 Å². The van der Waals surface area contributed by atoms with Crippen LogP contribution in [0.25, 0.3) is 0 Å². The van der Waals surface area contributed by atoms with Gasteiger partial charge in [-0.1, -0.05) is 143 Å². The zero-order valence-electron chi connectivity index (χ0n) is 35.0. The molecule has 0 radical (unpaired) electrons. The monoisotopic (exact) mass is 800 g/mol. The minimum absolute atomic E-state index is 0.0186. The van der Waals surface area contributed by atoms with Crippen molar-refractivity contribution in [3.05, 3.63) is 166 Å². The fraction of sp³-hybridized carbons (Fsp3) is 0.400. The normalized spacial score (nSPS) is 20.8. The molecule has 5 aromatic carbocycles. The van der Waals surface area contributed by atoms with Crippen LogP contribution in [0.3, 0.4) is 0 Å². The molecule has 58 heavy (non-hydrogen) atoms. The Bertz CT molecular complexity index is 2030. The van der Waals surface area contributed by atoms with Gasteiger partial charge in [0.1, 0.15) is 43.7 Å². The van der Waals surface area contributed by atoms with Gasteiger partial charge < -0.3 is 32.8 Å². The second-order valence-electron chi connectivity index (χ2n) is 17.0. The van der Waals surface area contributed by atoms with Crippen molar-refractivity contribution >= 4 is 8.32 Å². The smallest absolute Gasteiger partial charge is 0.192 e. The fourth-order valence-electron chi connectivity index (χ4n) is 7.45. The molecule has 1 saturated heterocycles. The first-order valence-corrected chi connectivity index (χ1v) is 23.7. The molecule has 1 unspecified atom stereocenters. The van der Waals surface area contributed by atoms with Gasteiger partial charge in [0, 0.05) is 0 Å². The fourth-order valence-corrected chi connectivity index (χ4v) is 8.46. The lowest BCUT2D eigenvalue weighted by Gasteiger charge is -2.47. The second-order valence-corrected chi connectivity index (χ2v) is 21.8. The number of hydrogen-bond acceptors (Lipinski definition) is 7. The molecule has 306 valence electrons. The van der Waals surface area contributed by atoms with Crippen LogP contribution in [0.2, 0.25) is 18.1 Å². The van der Waals surface area contributed by atoms with Gasteiger partial charge in [0.25, 0.3) is 0 Å². The minimum atomic E-state index is -2.18. The summed E-state index contributed by atoms with van der Waals surface area (Å²) in [6, 6.07) is 44.0. The van der Waals surface area contributed by atoms with E-state index in [1.807, 2.05) is 60.7 Å². The summed E-state index contributed by atoms with van der Waals surface area (Å²) in [7, 11) is -2.18. The van der Waals surface area contributed by atoms with E-state index in [1.54, 1.807) is 0 Å². The van der Waals surface area contributed by atoms with E-state index >= 15 is 0 Å². The highest BCUT2D eigenvalue weighted by atomic mass is 28.4. The highest BCUT2D eigenvalue weighted by Crippen LogP contribution is 2.42. The summed E-state index contributed by atoms with van der Waals surface area (Å²) in [6.07, 6.45) is -0.759. The van der Waals surface area contributed by atoms with Gasteiger partial charge >= 0.3 is 0 Å². The van der Waals surface area contributed by atoms with Gasteiger partial charge in [-0.25, -0.2) is 0 Å². The summed E-state index contributed by atoms with van der Waals surface area (Å²) >= 11 is 0. The minimum Gasteiger partial charge on any atom is -0.486 e. The van der Waals surface area contributed by atoms with Crippen LogP contribution in [0.4, 0.5) is 0 Å². The van der Waals surface area contributed by atoms with Crippen LogP contribution in [-0.4, -0.2) is 52.6 Å². The summed E-state index contributed by atoms with van der Waals surface area (Å²) < 4.78 is 47.2. The highest BCUT2D eigenvalue weighted by molar-refractivity contribution is 6.74. The quantitative estimate of drug-likeness (QED) is 0.0921. The maximum atomic E-state index is 7.35. The van der Waals surface area contributed by atoms with Crippen LogP contribution in [0.5, 0.6) is 11.5 Å². The number of ether oxygens (including phenoxy) is 6. The predicted molar refractivity (Wildman–Crippen MR) is 232 cm³/mol. The lowest BCUT2D eigenvalue weighted by Crippen LogP contribution is -2.59.